The van der Waals surface area contributed by atoms with Gasteiger partial charge in [0.25, 0.3) is 0 Å². The van der Waals surface area contributed by atoms with E-state index < -0.39 is 42.4 Å². The lowest BCUT2D eigenvalue weighted by molar-refractivity contribution is -0.205. The molecule has 0 saturated carbocycles. The highest BCUT2D eigenvalue weighted by molar-refractivity contribution is 6.32. The van der Waals surface area contributed by atoms with E-state index in [1.165, 1.54) is 48.8 Å². The molecule has 0 saturated heterocycles. The first kappa shape index (κ1) is 34.0. The molecule has 0 radical (unpaired) electrons. The molecule has 4 aromatic rings. The Balaban J connectivity index is 1.32. The van der Waals surface area contributed by atoms with E-state index in [9.17, 15) is 35.9 Å². The maximum Gasteiger partial charge on any atom is 0.490 e. The predicted octanol–water partition coefficient (Wildman–Crippen LogP) is 7.85. The van der Waals surface area contributed by atoms with Crippen molar-refractivity contribution in [1.82, 2.24) is 15.3 Å². The van der Waals surface area contributed by atoms with Gasteiger partial charge in [-0.3, -0.25) is 4.79 Å². The van der Waals surface area contributed by atoms with Crippen LogP contribution < -0.4 is 20.7 Å². The molecule has 0 spiro atoms. The number of nitrogens with one attached hydrogen (secondary N) is 3. The number of anilines is 3. The SMILES string of the molecule is O=C(NCC(OC(=O)C(F)(F)F)c1ccccc1)C1=Cc2c(ncnc2Nc2ccc(Oc3cccc(C(F)(F)F)c3)c(Cl)c2)NCC1. The number of fused-ring (bicyclic) bond motifs is 1. The van der Waals surface area contributed by atoms with Crippen molar-refractivity contribution >= 4 is 46.9 Å². The molecule has 9 nitrogen and oxygen atoms in total. The van der Waals surface area contributed by atoms with Crippen LogP contribution in [-0.2, 0) is 20.5 Å². The molecule has 5 rings (SSSR count). The van der Waals surface area contributed by atoms with Gasteiger partial charge in [0.15, 0.2) is 0 Å². The molecular weight excluding hydrogens is 668 g/mol. The standard InChI is InChI=1S/C32H24ClF6N5O4/c33-24-15-21(9-10-25(24)47-22-8-4-7-20(14-22)31(34,35)36)44-28-23-13-19(11-12-40-27(23)42-17-43-28)29(45)41-16-26(18-5-2-1-3-6-18)48-30(46)32(37,38)39/h1-10,13-15,17,26H,11-12,16H2,(H,41,45)(H2,40,42,43,44). The number of benzene rings is 3. The van der Waals surface area contributed by atoms with Crippen LogP contribution in [-0.4, -0.2) is 41.1 Å². The van der Waals surface area contributed by atoms with Gasteiger partial charge in [0.05, 0.1) is 22.7 Å². The molecule has 1 amide bonds. The Bertz CT molecular complexity index is 1840. The number of amides is 1. The first-order valence-electron chi connectivity index (χ1n) is 14.1. The molecule has 1 atom stereocenters. The van der Waals surface area contributed by atoms with Gasteiger partial charge >= 0.3 is 18.3 Å². The molecule has 0 aliphatic carbocycles. The third-order valence-corrected chi connectivity index (χ3v) is 7.16. The van der Waals surface area contributed by atoms with Gasteiger partial charge in [-0.2, -0.15) is 26.3 Å². The average Bonchev–Trinajstić information content (AvgIpc) is 3.27. The van der Waals surface area contributed by atoms with E-state index in [0.29, 0.717) is 17.1 Å². The lowest BCUT2D eigenvalue weighted by atomic mass is 10.1. The minimum atomic E-state index is -5.22. The fourth-order valence-corrected chi connectivity index (χ4v) is 4.78. The van der Waals surface area contributed by atoms with Gasteiger partial charge in [0.2, 0.25) is 5.91 Å². The molecule has 0 fully saturated rings. The van der Waals surface area contributed by atoms with Crippen molar-refractivity contribution in [3.63, 3.8) is 0 Å². The predicted molar refractivity (Wildman–Crippen MR) is 164 cm³/mol. The third-order valence-electron chi connectivity index (χ3n) is 6.86. The molecule has 0 bridgehead atoms. The molecule has 1 aromatic heterocycles. The highest BCUT2D eigenvalue weighted by Gasteiger charge is 2.42. The van der Waals surface area contributed by atoms with Gasteiger partial charge in [0.1, 0.15) is 35.6 Å². The van der Waals surface area contributed by atoms with Crippen molar-refractivity contribution in [3.8, 4) is 11.5 Å². The lowest BCUT2D eigenvalue weighted by Gasteiger charge is -2.20. The van der Waals surface area contributed by atoms with Gasteiger partial charge in [-0.15, -0.1) is 0 Å². The topological polar surface area (TPSA) is 114 Å². The first-order valence-corrected chi connectivity index (χ1v) is 14.5. The minimum Gasteiger partial charge on any atom is -0.456 e. The van der Waals surface area contributed by atoms with Crippen LogP contribution in [0.15, 0.2) is 84.7 Å². The molecule has 48 heavy (non-hydrogen) atoms. The molecule has 250 valence electrons. The van der Waals surface area contributed by atoms with E-state index in [1.807, 2.05) is 0 Å². The molecule has 2 heterocycles. The first-order chi connectivity index (χ1) is 22.8. The van der Waals surface area contributed by atoms with Crippen LogP contribution in [0.1, 0.15) is 29.2 Å². The average molecular weight is 692 g/mol. The molecule has 1 aliphatic heterocycles. The summed E-state index contributed by atoms with van der Waals surface area (Å²) in [7, 11) is 0. The van der Waals surface area contributed by atoms with Crippen LogP contribution in [0.5, 0.6) is 11.5 Å². The lowest BCUT2D eigenvalue weighted by Crippen LogP contribution is -2.34. The smallest absolute Gasteiger partial charge is 0.456 e. The number of ether oxygens (including phenoxy) is 2. The van der Waals surface area contributed by atoms with Gasteiger partial charge in [-0.1, -0.05) is 48.0 Å². The molecule has 16 heteroatoms. The van der Waals surface area contributed by atoms with Crippen LogP contribution in [0.3, 0.4) is 0 Å². The Labute approximate surface area is 273 Å². The highest BCUT2D eigenvalue weighted by atomic mass is 35.5. The fourth-order valence-electron chi connectivity index (χ4n) is 4.56. The minimum absolute atomic E-state index is 0.0656. The van der Waals surface area contributed by atoms with Crippen LogP contribution in [0, 0.1) is 0 Å². The maximum atomic E-state index is 13.2. The maximum absolute atomic E-state index is 13.2. The number of esters is 1. The van der Waals surface area contributed by atoms with Gasteiger partial charge in [-0.05, 0) is 54.5 Å². The van der Waals surface area contributed by atoms with Crippen molar-refractivity contribution in [2.75, 3.05) is 23.7 Å². The second-order valence-corrected chi connectivity index (χ2v) is 10.6. The van der Waals surface area contributed by atoms with Crippen molar-refractivity contribution in [1.29, 1.82) is 0 Å². The second-order valence-electron chi connectivity index (χ2n) is 10.2. The van der Waals surface area contributed by atoms with Crippen molar-refractivity contribution in [2.24, 2.45) is 0 Å². The summed E-state index contributed by atoms with van der Waals surface area (Å²) in [5, 5.41) is 8.78. The Morgan fingerprint density at radius 2 is 1.73 bits per heavy atom. The third kappa shape index (κ3) is 8.53. The Hall–Kier alpha value is -5.31. The highest BCUT2D eigenvalue weighted by Crippen LogP contribution is 2.37. The van der Waals surface area contributed by atoms with Gasteiger partial charge in [0, 0.05) is 17.8 Å². The van der Waals surface area contributed by atoms with E-state index in [2.05, 4.69) is 30.7 Å². The van der Waals surface area contributed by atoms with Gasteiger partial charge < -0.3 is 25.4 Å². The zero-order valence-corrected chi connectivity index (χ0v) is 25.2. The summed E-state index contributed by atoms with van der Waals surface area (Å²) < 4.78 is 88.3. The van der Waals surface area contributed by atoms with E-state index in [1.54, 1.807) is 24.3 Å². The number of hydrogen-bond acceptors (Lipinski definition) is 8. The molecule has 1 aliphatic rings. The number of carbonyl (C=O) groups is 2. The Morgan fingerprint density at radius 1 is 0.958 bits per heavy atom. The second kappa shape index (κ2) is 14.2. The van der Waals surface area contributed by atoms with E-state index >= 15 is 0 Å². The number of carbonyl (C=O) groups excluding carboxylic acids is 2. The molecule has 3 N–H and O–H groups in total. The fraction of sp³-hybridized carbons (Fsp3) is 0.188. The summed E-state index contributed by atoms with van der Waals surface area (Å²) in [5.41, 5.74) is 0.397. The number of halogens is 7. The number of nitrogens with zero attached hydrogens (tertiary/aromatic N) is 2. The van der Waals surface area contributed by atoms with Crippen LogP contribution in [0.2, 0.25) is 5.02 Å². The summed E-state index contributed by atoms with van der Waals surface area (Å²) in [6, 6.07) is 16.5. The number of rotatable bonds is 9. The van der Waals surface area contributed by atoms with Crippen molar-refractivity contribution in [2.45, 2.75) is 24.9 Å². The molecule has 1 unspecified atom stereocenters. The van der Waals surface area contributed by atoms with Crippen LogP contribution in [0.25, 0.3) is 6.08 Å². The summed E-state index contributed by atoms with van der Waals surface area (Å²) in [6.07, 6.45) is -8.19. The van der Waals surface area contributed by atoms with Gasteiger partial charge in [-0.25, -0.2) is 14.8 Å². The number of alkyl halides is 6. The zero-order chi connectivity index (χ0) is 34.5. The summed E-state index contributed by atoms with van der Waals surface area (Å²) in [5.74, 6) is -2.35. The Kier molecular flexibility index (Phi) is 10.1. The quantitative estimate of drug-likeness (QED) is 0.120. The van der Waals surface area contributed by atoms with E-state index in [4.69, 9.17) is 16.3 Å². The largest absolute Gasteiger partial charge is 0.490 e. The monoisotopic (exact) mass is 691 g/mol. The normalized spacial score (nSPS) is 13.6. The van der Waals surface area contributed by atoms with Crippen LogP contribution >= 0.6 is 11.6 Å². The van der Waals surface area contributed by atoms with E-state index in [0.717, 1.165) is 12.1 Å². The summed E-state index contributed by atoms with van der Waals surface area (Å²) in [4.78, 5) is 33.3. The summed E-state index contributed by atoms with van der Waals surface area (Å²) in [6.45, 7) is -0.159. The van der Waals surface area contributed by atoms with Crippen molar-refractivity contribution < 1.29 is 45.4 Å². The molecular formula is C32H24ClF6N5O4. The van der Waals surface area contributed by atoms with E-state index in [-0.39, 0.29) is 46.4 Å². The molecule has 3 aromatic carbocycles. The van der Waals surface area contributed by atoms with Crippen LogP contribution in [0.4, 0.5) is 43.7 Å². The zero-order valence-electron chi connectivity index (χ0n) is 24.5. The summed E-state index contributed by atoms with van der Waals surface area (Å²) >= 11 is 6.38. The van der Waals surface area contributed by atoms with Crippen molar-refractivity contribution in [3.05, 3.63) is 106 Å². The number of hydrogen-bond donors (Lipinski definition) is 3. The number of aromatic nitrogens is 2. The Morgan fingerprint density at radius 3 is 2.44 bits per heavy atom.